The fourth-order valence-electron chi connectivity index (χ4n) is 7.29. The van der Waals surface area contributed by atoms with Crippen LogP contribution in [-0.4, -0.2) is 52.0 Å². The molecule has 6 heteroatoms. The van der Waals surface area contributed by atoms with E-state index in [-0.39, 0.29) is 23.5 Å². The Balaban J connectivity index is 1.67. The minimum absolute atomic E-state index is 0.0483. The number of hydrogen-bond donors (Lipinski definition) is 2. The second kappa shape index (κ2) is 5.54. The molecular formula is C23H28N2O4. The van der Waals surface area contributed by atoms with Crippen LogP contribution in [0.15, 0.2) is 6.07 Å². The average molecular weight is 396 g/mol. The van der Waals surface area contributed by atoms with Gasteiger partial charge in [-0.15, -0.1) is 0 Å². The fraction of sp³-hybridized carbons (Fsp3) is 0.652. The van der Waals surface area contributed by atoms with Gasteiger partial charge in [0.2, 0.25) is 5.91 Å². The van der Waals surface area contributed by atoms with Crippen LogP contribution in [0, 0.1) is 0 Å². The molecule has 1 aromatic carbocycles. The summed E-state index contributed by atoms with van der Waals surface area (Å²) in [6, 6.07) is 2.58. The van der Waals surface area contributed by atoms with Crippen LogP contribution in [0.25, 0.3) is 0 Å². The quantitative estimate of drug-likeness (QED) is 0.817. The van der Waals surface area contributed by atoms with Crippen LogP contribution in [0.1, 0.15) is 62.6 Å². The molecule has 4 atom stereocenters. The highest BCUT2D eigenvalue weighted by Gasteiger charge is 2.74. The number of carbonyl (C=O) groups excluding carboxylic acids is 2. The van der Waals surface area contributed by atoms with E-state index >= 15 is 0 Å². The summed E-state index contributed by atoms with van der Waals surface area (Å²) in [5, 5.41) is 14.2. The molecule has 29 heavy (non-hydrogen) atoms. The third-order valence-electron chi connectivity index (χ3n) is 8.37. The lowest BCUT2D eigenvalue weighted by Crippen LogP contribution is -2.82. The number of nitrogens with zero attached hydrogens (tertiary/aromatic N) is 1. The van der Waals surface area contributed by atoms with Crippen LogP contribution in [0.2, 0.25) is 0 Å². The van der Waals surface area contributed by atoms with Crippen molar-refractivity contribution in [3.63, 3.8) is 0 Å². The lowest BCUT2D eigenvalue weighted by Gasteiger charge is -2.65. The number of carbonyl (C=O) groups is 2. The monoisotopic (exact) mass is 396 g/mol. The number of phenols is 1. The van der Waals surface area contributed by atoms with Crippen molar-refractivity contribution in [3.05, 3.63) is 22.8 Å². The van der Waals surface area contributed by atoms with Gasteiger partial charge in [0.1, 0.15) is 0 Å². The molecule has 6 nitrogen and oxygen atoms in total. The molecule has 1 saturated heterocycles. The van der Waals surface area contributed by atoms with Gasteiger partial charge >= 0.3 is 0 Å². The molecular weight excluding hydrogens is 368 g/mol. The van der Waals surface area contributed by atoms with Crippen LogP contribution in [0.3, 0.4) is 0 Å². The molecule has 1 spiro atoms. The van der Waals surface area contributed by atoms with Crippen molar-refractivity contribution in [3.8, 4) is 11.5 Å². The third kappa shape index (κ3) is 1.96. The summed E-state index contributed by atoms with van der Waals surface area (Å²) >= 11 is 0. The number of ketones is 1. The fourth-order valence-corrected chi connectivity index (χ4v) is 7.29. The lowest BCUT2D eigenvalue weighted by molar-refractivity contribution is -0.149. The topological polar surface area (TPSA) is 78.9 Å². The zero-order chi connectivity index (χ0) is 20.1. The van der Waals surface area contributed by atoms with Gasteiger partial charge in [-0.25, -0.2) is 0 Å². The van der Waals surface area contributed by atoms with Gasteiger partial charge in [-0.3, -0.25) is 14.5 Å². The second-order valence-corrected chi connectivity index (χ2v) is 9.62. The maximum atomic E-state index is 13.1. The summed E-state index contributed by atoms with van der Waals surface area (Å²) in [6.07, 6.45) is 5.33. The van der Waals surface area contributed by atoms with Gasteiger partial charge in [-0.05, 0) is 62.3 Å². The predicted octanol–water partition coefficient (Wildman–Crippen LogP) is 1.98. The summed E-state index contributed by atoms with van der Waals surface area (Å²) in [6.45, 7) is 4.61. The number of aromatic hydroxyl groups is 1. The smallest absolute Gasteiger partial charge is 0.217 e. The number of Topliss-reactive ketones (excluding diaryl/α,β-unsaturated/α-hetero) is 1. The van der Waals surface area contributed by atoms with Gasteiger partial charge in [-0.1, -0.05) is 6.92 Å². The molecule has 0 radical (unpaired) electrons. The number of rotatable bonds is 3. The van der Waals surface area contributed by atoms with E-state index in [2.05, 4.69) is 17.1 Å². The van der Waals surface area contributed by atoms with Crippen LogP contribution < -0.4 is 10.1 Å². The number of piperidine rings is 1. The Morgan fingerprint density at radius 3 is 2.86 bits per heavy atom. The third-order valence-corrected chi connectivity index (χ3v) is 8.37. The molecule has 3 aliphatic carbocycles. The van der Waals surface area contributed by atoms with Crippen LogP contribution in [0.5, 0.6) is 11.5 Å². The van der Waals surface area contributed by atoms with Gasteiger partial charge in [-0.2, -0.15) is 0 Å². The zero-order valence-electron chi connectivity index (χ0n) is 17.1. The van der Waals surface area contributed by atoms with E-state index < -0.39 is 17.1 Å². The van der Waals surface area contributed by atoms with Crippen molar-refractivity contribution >= 4 is 11.7 Å². The number of phenolic OH excluding ortho intramolecular Hbond substituents is 1. The number of aryl methyl sites for hydroxylation is 1. The van der Waals surface area contributed by atoms with Crippen LogP contribution in [-0.2, 0) is 27.8 Å². The van der Waals surface area contributed by atoms with Gasteiger partial charge in [0.05, 0.1) is 11.0 Å². The first kappa shape index (κ1) is 17.8. The maximum absolute atomic E-state index is 13.1. The van der Waals surface area contributed by atoms with Crippen LogP contribution in [0.4, 0.5) is 0 Å². The first-order valence-corrected chi connectivity index (χ1v) is 11.0. The van der Waals surface area contributed by atoms with Crippen molar-refractivity contribution in [2.45, 2.75) is 87.9 Å². The predicted molar refractivity (Wildman–Crippen MR) is 106 cm³/mol. The highest BCUT2D eigenvalue weighted by molar-refractivity contribution is 5.91. The number of hydrogen-bond acceptors (Lipinski definition) is 5. The molecule has 3 fully saturated rings. The van der Waals surface area contributed by atoms with Crippen molar-refractivity contribution in [2.75, 3.05) is 6.54 Å². The number of benzene rings is 1. The average Bonchev–Trinajstić information content (AvgIpc) is 3.44. The molecule has 154 valence electrons. The first-order chi connectivity index (χ1) is 13.9. The Morgan fingerprint density at radius 2 is 2.17 bits per heavy atom. The highest BCUT2D eigenvalue weighted by atomic mass is 16.5. The van der Waals surface area contributed by atoms with Crippen molar-refractivity contribution in [1.29, 1.82) is 0 Å². The van der Waals surface area contributed by atoms with Gasteiger partial charge in [0.15, 0.2) is 23.4 Å². The highest BCUT2D eigenvalue weighted by Crippen LogP contribution is 2.66. The summed E-state index contributed by atoms with van der Waals surface area (Å²) in [5.41, 5.74) is 2.31. The number of amides is 1. The molecule has 2 saturated carbocycles. The van der Waals surface area contributed by atoms with Crippen molar-refractivity contribution < 1.29 is 19.4 Å². The number of likely N-dealkylation sites (tertiary alicyclic amines) is 1. The molecule has 5 aliphatic rings. The van der Waals surface area contributed by atoms with Gasteiger partial charge in [0.25, 0.3) is 0 Å². The van der Waals surface area contributed by atoms with Gasteiger partial charge < -0.3 is 15.2 Å². The number of nitrogens with one attached hydrogen (secondary N) is 1. The first-order valence-electron chi connectivity index (χ1n) is 11.0. The zero-order valence-corrected chi connectivity index (χ0v) is 17.1. The normalized spacial score (nSPS) is 37.1. The van der Waals surface area contributed by atoms with E-state index in [4.69, 9.17) is 4.74 Å². The SMILES string of the molecule is CCc1cc(O)c2c3c1C[C@H]1N(C4CC4)CC[C@@]34[C@@H](O2)C(=O)CCC14NC(C)=O. The molecule has 2 aliphatic heterocycles. The van der Waals surface area contributed by atoms with E-state index in [1.54, 1.807) is 6.92 Å². The van der Waals surface area contributed by atoms with Gasteiger partial charge in [0, 0.05) is 31.0 Å². The molecule has 0 aromatic heterocycles. The standard InChI is InChI=1S/C23H28N2O4/c1-3-13-10-17(28)20-19-15(13)11-18-23(24-12(2)26)7-6-16(27)21(29-20)22(19,23)8-9-25(18)14-4-5-14/h10,14,18,21,28H,3-9,11H2,1-2H3,(H,24,26)/t18-,21+,22+,23?/m1/s1. The van der Waals surface area contributed by atoms with E-state index in [1.165, 1.54) is 18.4 Å². The summed E-state index contributed by atoms with van der Waals surface area (Å²) in [5.74, 6) is 0.682. The number of ether oxygens (including phenoxy) is 1. The summed E-state index contributed by atoms with van der Waals surface area (Å²) in [4.78, 5) is 28.2. The Hall–Kier alpha value is -2.08. The van der Waals surface area contributed by atoms with E-state index in [0.29, 0.717) is 24.6 Å². The molecule has 2 N–H and O–H groups in total. The molecule has 1 unspecified atom stereocenters. The van der Waals surface area contributed by atoms with Crippen LogP contribution >= 0.6 is 0 Å². The maximum Gasteiger partial charge on any atom is 0.217 e. The molecule has 6 rings (SSSR count). The van der Waals surface area contributed by atoms with E-state index in [0.717, 1.165) is 36.9 Å². The lowest BCUT2D eigenvalue weighted by atomic mass is 9.47. The summed E-state index contributed by atoms with van der Waals surface area (Å²) in [7, 11) is 0. The molecule has 1 aromatic rings. The molecule has 2 bridgehead atoms. The Morgan fingerprint density at radius 1 is 1.38 bits per heavy atom. The second-order valence-electron chi connectivity index (χ2n) is 9.62. The molecule has 1 amide bonds. The minimum Gasteiger partial charge on any atom is -0.504 e. The van der Waals surface area contributed by atoms with E-state index in [1.807, 2.05) is 6.07 Å². The Bertz CT molecular complexity index is 955. The minimum atomic E-state index is -0.612. The van der Waals surface area contributed by atoms with E-state index in [9.17, 15) is 14.7 Å². The summed E-state index contributed by atoms with van der Waals surface area (Å²) < 4.78 is 6.27. The largest absolute Gasteiger partial charge is 0.504 e. The Labute approximate surface area is 170 Å². The molecule has 2 heterocycles. The Kier molecular flexibility index (Phi) is 3.39. The van der Waals surface area contributed by atoms with Crippen molar-refractivity contribution in [2.24, 2.45) is 0 Å². The van der Waals surface area contributed by atoms with Crippen molar-refractivity contribution in [1.82, 2.24) is 10.2 Å².